The molecule has 8 heteroatoms. The van der Waals surface area contributed by atoms with Gasteiger partial charge in [-0.3, -0.25) is 0 Å². The van der Waals surface area contributed by atoms with Crippen LogP contribution in [0.15, 0.2) is 12.1 Å². The molecule has 3 rings (SSSR count). The van der Waals surface area contributed by atoms with Crippen molar-refractivity contribution < 1.29 is 27.5 Å². The molecular formula is C20H32O6P2. The van der Waals surface area contributed by atoms with E-state index in [2.05, 4.69) is 32.9 Å². The van der Waals surface area contributed by atoms with Crippen molar-refractivity contribution in [3.8, 4) is 5.75 Å². The van der Waals surface area contributed by atoms with Gasteiger partial charge in [0.1, 0.15) is 5.75 Å². The minimum Gasteiger partial charge on any atom is -0.426 e. The third kappa shape index (κ3) is 5.86. The lowest BCUT2D eigenvalue weighted by atomic mass is 9.93. The van der Waals surface area contributed by atoms with Gasteiger partial charge in [0.05, 0.1) is 31.8 Å². The van der Waals surface area contributed by atoms with Crippen LogP contribution in [0.25, 0.3) is 0 Å². The van der Waals surface area contributed by atoms with Crippen molar-refractivity contribution in [2.24, 2.45) is 5.41 Å². The van der Waals surface area contributed by atoms with Crippen LogP contribution in [0.1, 0.15) is 56.2 Å². The lowest BCUT2D eigenvalue weighted by Crippen LogP contribution is -2.44. The Bertz CT molecular complexity index is 594. The second-order valence-corrected chi connectivity index (χ2v) is 9.90. The van der Waals surface area contributed by atoms with Gasteiger partial charge >= 0.3 is 17.2 Å². The van der Waals surface area contributed by atoms with E-state index in [0.29, 0.717) is 26.4 Å². The molecule has 2 heterocycles. The quantitative estimate of drug-likeness (QED) is 0.543. The molecule has 1 aromatic rings. The fourth-order valence-corrected chi connectivity index (χ4v) is 5.53. The third-order valence-corrected chi connectivity index (χ3v) is 6.78. The number of hydrogen-bond donors (Lipinski definition) is 1. The molecule has 158 valence electrons. The van der Waals surface area contributed by atoms with Gasteiger partial charge in [-0.15, -0.1) is 0 Å². The molecule has 2 aliphatic heterocycles. The molecule has 0 amide bonds. The Morgan fingerprint density at radius 3 is 1.93 bits per heavy atom. The standard InChI is InChI=1S/C20H32O6P2/c1-4-6-8-17-10-16(3)11-18(9-7-5-2)19(17)26-28-24-14-20(15-25-28)12-22-27(21)23-13-20/h10-11,21H,4-9,12-15H2,1-3H3. The Hall–Kier alpha value is -0.320. The number of aryl methyl sites for hydroxylation is 3. The first-order chi connectivity index (χ1) is 13.5. The highest BCUT2D eigenvalue weighted by atomic mass is 31.2. The van der Waals surface area contributed by atoms with Gasteiger partial charge in [0.25, 0.3) is 0 Å². The van der Waals surface area contributed by atoms with E-state index in [0.717, 1.165) is 44.3 Å². The highest BCUT2D eigenvalue weighted by Crippen LogP contribution is 2.52. The van der Waals surface area contributed by atoms with Crippen molar-refractivity contribution >= 4 is 17.2 Å². The zero-order valence-corrected chi connectivity index (χ0v) is 18.9. The number of benzene rings is 1. The van der Waals surface area contributed by atoms with Crippen LogP contribution in [0.4, 0.5) is 0 Å². The van der Waals surface area contributed by atoms with Crippen molar-refractivity contribution in [2.45, 2.75) is 59.3 Å². The smallest absolute Gasteiger partial charge is 0.397 e. The van der Waals surface area contributed by atoms with Crippen molar-refractivity contribution in [1.29, 1.82) is 0 Å². The van der Waals surface area contributed by atoms with Crippen LogP contribution in [0.2, 0.25) is 0 Å². The molecule has 6 nitrogen and oxygen atoms in total. The molecule has 1 aromatic carbocycles. The largest absolute Gasteiger partial charge is 0.426 e. The third-order valence-electron chi connectivity index (χ3n) is 5.07. The zero-order chi connectivity index (χ0) is 20.0. The van der Waals surface area contributed by atoms with Crippen LogP contribution >= 0.6 is 17.2 Å². The maximum Gasteiger partial charge on any atom is 0.397 e. The molecule has 28 heavy (non-hydrogen) atoms. The molecule has 2 aliphatic rings. The number of hydrogen-bond acceptors (Lipinski definition) is 6. The number of rotatable bonds is 8. The molecule has 2 fully saturated rings. The lowest BCUT2D eigenvalue weighted by Gasteiger charge is -2.40. The molecule has 0 bridgehead atoms. The fraction of sp³-hybridized carbons (Fsp3) is 0.700. The summed E-state index contributed by atoms with van der Waals surface area (Å²) in [7, 11) is -3.20. The maximum atomic E-state index is 9.41. The molecule has 0 aromatic heterocycles. The van der Waals surface area contributed by atoms with Crippen LogP contribution in [0.3, 0.4) is 0 Å². The molecular weight excluding hydrogens is 398 g/mol. The van der Waals surface area contributed by atoms with E-state index in [4.69, 9.17) is 22.6 Å². The summed E-state index contributed by atoms with van der Waals surface area (Å²) in [6, 6.07) is 4.46. The molecule has 0 atom stereocenters. The monoisotopic (exact) mass is 430 g/mol. The van der Waals surface area contributed by atoms with E-state index in [1.807, 2.05) is 0 Å². The highest BCUT2D eigenvalue weighted by Gasteiger charge is 2.44. The van der Waals surface area contributed by atoms with Gasteiger partial charge in [0.2, 0.25) is 0 Å². The van der Waals surface area contributed by atoms with E-state index < -0.39 is 17.2 Å². The molecule has 0 radical (unpaired) electrons. The summed E-state index contributed by atoms with van der Waals surface area (Å²) < 4.78 is 28.7. The maximum absolute atomic E-state index is 9.41. The summed E-state index contributed by atoms with van der Waals surface area (Å²) >= 11 is 0. The molecule has 0 aliphatic carbocycles. The van der Waals surface area contributed by atoms with Crippen LogP contribution in [0.5, 0.6) is 5.75 Å². The average molecular weight is 430 g/mol. The van der Waals surface area contributed by atoms with E-state index in [-0.39, 0.29) is 5.41 Å². The van der Waals surface area contributed by atoms with Crippen molar-refractivity contribution in [1.82, 2.24) is 0 Å². The molecule has 0 unspecified atom stereocenters. The Labute approximate surface area is 170 Å². The van der Waals surface area contributed by atoms with Crippen LogP contribution in [-0.4, -0.2) is 31.3 Å². The Morgan fingerprint density at radius 2 is 1.43 bits per heavy atom. The summed E-state index contributed by atoms with van der Waals surface area (Å²) in [5.74, 6) is 0.949. The van der Waals surface area contributed by atoms with E-state index >= 15 is 0 Å². The minimum absolute atomic E-state index is 0.354. The summed E-state index contributed by atoms with van der Waals surface area (Å²) in [5, 5.41) is 0. The molecule has 0 saturated carbocycles. The van der Waals surface area contributed by atoms with Gasteiger partial charge in [-0.2, -0.15) is 0 Å². The Morgan fingerprint density at radius 1 is 0.929 bits per heavy atom. The van der Waals surface area contributed by atoms with Crippen LogP contribution < -0.4 is 4.52 Å². The summed E-state index contributed by atoms with van der Waals surface area (Å²) in [5.41, 5.74) is 3.42. The SMILES string of the molecule is CCCCc1cc(C)cc(CCCC)c1OP1OCC2(COP(O)OC2)CO1. The minimum atomic E-state index is -1.75. The van der Waals surface area contributed by atoms with Gasteiger partial charge in [-0.25, -0.2) is 0 Å². The molecule has 1 N–H and O–H groups in total. The summed E-state index contributed by atoms with van der Waals surface area (Å²) in [6.07, 6.45) is 6.57. The summed E-state index contributed by atoms with van der Waals surface area (Å²) in [6.45, 7) is 8.22. The van der Waals surface area contributed by atoms with Crippen LogP contribution in [0, 0.1) is 12.3 Å². The van der Waals surface area contributed by atoms with Gasteiger partial charge < -0.3 is 27.5 Å². The van der Waals surface area contributed by atoms with Gasteiger partial charge in [-0.05, 0) is 43.7 Å². The van der Waals surface area contributed by atoms with Gasteiger partial charge in [0.15, 0.2) is 0 Å². The molecule has 1 spiro atoms. The first-order valence-corrected chi connectivity index (χ1v) is 12.4. The summed E-state index contributed by atoms with van der Waals surface area (Å²) in [4.78, 5) is 9.41. The average Bonchev–Trinajstić information content (AvgIpc) is 2.70. The topological polar surface area (TPSA) is 66.4 Å². The number of unbranched alkanes of at least 4 members (excludes halogenated alkanes) is 2. The molecule has 2 saturated heterocycles. The van der Waals surface area contributed by atoms with Crippen molar-refractivity contribution in [3.63, 3.8) is 0 Å². The predicted molar refractivity (Wildman–Crippen MR) is 111 cm³/mol. The van der Waals surface area contributed by atoms with Crippen LogP contribution in [-0.2, 0) is 30.9 Å². The van der Waals surface area contributed by atoms with E-state index in [1.54, 1.807) is 0 Å². The fourth-order valence-electron chi connectivity index (χ4n) is 3.37. The van der Waals surface area contributed by atoms with E-state index in [1.165, 1.54) is 16.7 Å². The van der Waals surface area contributed by atoms with Gasteiger partial charge in [0, 0.05) is 0 Å². The first-order valence-electron chi connectivity index (χ1n) is 10.2. The first kappa shape index (κ1) is 22.4. The van der Waals surface area contributed by atoms with Crippen molar-refractivity contribution in [3.05, 3.63) is 28.8 Å². The van der Waals surface area contributed by atoms with Gasteiger partial charge in [-0.1, -0.05) is 44.4 Å². The van der Waals surface area contributed by atoms with Crippen molar-refractivity contribution in [2.75, 3.05) is 26.4 Å². The highest BCUT2D eigenvalue weighted by molar-refractivity contribution is 7.42. The Kier molecular flexibility index (Phi) is 8.49. The predicted octanol–water partition coefficient (Wildman–Crippen LogP) is 5.59. The lowest BCUT2D eigenvalue weighted by molar-refractivity contribution is -0.0684. The Balaban J connectivity index is 1.70. The van der Waals surface area contributed by atoms with E-state index in [9.17, 15) is 4.89 Å². The zero-order valence-electron chi connectivity index (χ0n) is 17.1. The normalized spacial score (nSPS) is 27.9. The second kappa shape index (κ2) is 10.6. The second-order valence-electron chi connectivity index (χ2n) is 7.77.